The smallest absolute Gasteiger partial charge is 0.270 e. The van der Waals surface area contributed by atoms with Crippen molar-refractivity contribution in [3.05, 3.63) is 40.2 Å². The second-order valence-corrected chi connectivity index (χ2v) is 6.39. The SMILES string of the molecule is CSc1nc(-c2ccc(OCCC3OCCCO3)cc2)c(C#N)c(=O)[nH]1. The minimum absolute atomic E-state index is 0.00284. The Labute approximate surface area is 155 Å². The van der Waals surface area contributed by atoms with Gasteiger partial charge in [-0.05, 0) is 36.9 Å². The maximum absolute atomic E-state index is 12.0. The van der Waals surface area contributed by atoms with Crippen LogP contribution in [0.5, 0.6) is 5.75 Å². The van der Waals surface area contributed by atoms with Crippen molar-refractivity contribution in [1.82, 2.24) is 9.97 Å². The number of benzene rings is 1. The van der Waals surface area contributed by atoms with Crippen LogP contribution in [0.1, 0.15) is 18.4 Å². The highest BCUT2D eigenvalue weighted by Gasteiger charge is 2.15. The quantitative estimate of drug-likeness (QED) is 0.614. The van der Waals surface area contributed by atoms with Gasteiger partial charge in [0, 0.05) is 12.0 Å². The fourth-order valence-corrected chi connectivity index (χ4v) is 2.92. The fraction of sp³-hybridized carbons (Fsp3) is 0.389. The topological polar surface area (TPSA) is 97.2 Å². The maximum atomic E-state index is 12.0. The molecule has 0 amide bonds. The van der Waals surface area contributed by atoms with E-state index in [0.29, 0.717) is 35.2 Å². The number of rotatable bonds is 6. The van der Waals surface area contributed by atoms with E-state index in [1.54, 1.807) is 24.3 Å². The number of nitriles is 1. The first-order valence-corrected chi connectivity index (χ1v) is 9.48. The van der Waals surface area contributed by atoms with Crippen LogP contribution in [0.25, 0.3) is 11.3 Å². The Morgan fingerprint density at radius 2 is 2.08 bits per heavy atom. The largest absolute Gasteiger partial charge is 0.493 e. The van der Waals surface area contributed by atoms with Crippen LogP contribution in [0.15, 0.2) is 34.2 Å². The Morgan fingerprint density at radius 3 is 2.73 bits per heavy atom. The van der Waals surface area contributed by atoms with Crippen LogP contribution < -0.4 is 10.3 Å². The minimum Gasteiger partial charge on any atom is -0.493 e. The molecular weight excluding hydrogens is 354 g/mol. The number of nitrogens with one attached hydrogen (secondary N) is 1. The average Bonchev–Trinajstić information content (AvgIpc) is 2.68. The van der Waals surface area contributed by atoms with E-state index in [2.05, 4.69) is 9.97 Å². The summed E-state index contributed by atoms with van der Waals surface area (Å²) >= 11 is 1.31. The lowest BCUT2D eigenvalue weighted by Gasteiger charge is -2.23. The van der Waals surface area contributed by atoms with Gasteiger partial charge in [0.1, 0.15) is 17.4 Å². The second kappa shape index (κ2) is 8.85. The van der Waals surface area contributed by atoms with Gasteiger partial charge in [-0.1, -0.05) is 11.8 Å². The van der Waals surface area contributed by atoms with E-state index >= 15 is 0 Å². The summed E-state index contributed by atoms with van der Waals surface area (Å²) in [7, 11) is 0. The number of thioether (sulfide) groups is 1. The molecule has 1 fully saturated rings. The summed E-state index contributed by atoms with van der Waals surface area (Å²) in [6.07, 6.45) is 3.20. The zero-order valence-corrected chi connectivity index (χ0v) is 15.2. The van der Waals surface area contributed by atoms with Crippen molar-refractivity contribution in [3.8, 4) is 23.1 Å². The number of H-pyrrole nitrogens is 1. The number of aromatic amines is 1. The van der Waals surface area contributed by atoms with Crippen molar-refractivity contribution >= 4 is 11.8 Å². The first-order valence-electron chi connectivity index (χ1n) is 8.26. The highest BCUT2D eigenvalue weighted by molar-refractivity contribution is 7.98. The third-order valence-electron chi connectivity index (χ3n) is 3.85. The highest BCUT2D eigenvalue weighted by atomic mass is 32.2. The molecule has 3 rings (SSSR count). The van der Waals surface area contributed by atoms with Gasteiger partial charge in [-0.2, -0.15) is 5.26 Å². The predicted octanol–water partition coefficient (Wildman–Crippen LogP) is 2.56. The van der Waals surface area contributed by atoms with Gasteiger partial charge in [0.25, 0.3) is 5.56 Å². The molecule has 1 N–H and O–H groups in total. The van der Waals surface area contributed by atoms with Crippen LogP contribution in [-0.2, 0) is 9.47 Å². The maximum Gasteiger partial charge on any atom is 0.270 e. The fourth-order valence-electron chi connectivity index (χ4n) is 2.55. The van der Waals surface area contributed by atoms with Gasteiger partial charge < -0.3 is 19.2 Å². The molecule has 1 aliphatic heterocycles. The van der Waals surface area contributed by atoms with Crippen LogP contribution in [0.4, 0.5) is 0 Å². The number of ether oxygens (including phenoxy) is 3. The highest BCUT2D eigenvalue weighted by Crippen LogP contribution is 2.24. The van der Waals surface area contributed by atoms with Crippen molar-refractivity contribution < 1.29 is 14.2 Å². The van der Waals surface area contributed by atoms with E-state index in [9.17, 15) is 10.1 Å². The van der Waals surface area contributed by atoms with E-state index in [0.717, 1.165) is 19.6 Å². The Kier molecular flexibility index (Phi) is 6.28. The minimum atomic E-state index is -0.436. The lowest BCUT2D eigenvalue weighted by atomic mass is 10.1. The van der Waals surface area contributed by atoms with Gasteiger partial charge in [-0.25, -0.2) is 4.98 Å². The van der Waals surface area contributed by atoms with Crippen LogP contribution in [0.2, 0.25) is 0 Å². The molecule has 2 heterocycles. The Bertz CT molecular complexity index is 839. The molecule has 0 atom stereocenters. The van der Waals surface area contributed by atoms with Crippen molar-refractivity contribution in [2.45, 2.75) is 24.3 Å². The van der Waals surface area contributed by atoms with E-state index in [-0.39, 0.29) is 11.9 Å². The monoisotopic (exact) mass is 373 g/mol. The Morgan fingerprint density at radius 1 is 1.35 bits per heavy atom. The summed E-state index contributed by atoms with van der Waals surface area (Å²) in [5.41, 5.74) is 0.628. The van der Waals surface area contributed by atoms with Gasteiger partial charge in [0.15, 0.2) is 11.4 Å². The normalized spacial score (nSPS) is 14.8. The molecule has 1 aliphatic rings. The molecule has 1 aromatic carbocycles. The molecule has 136 valence electrons. The summed E-state index contributed by atoms with van der Waals surface area (Å²) in [4.78, 5) is 18.9. The lowest BCUT2D eigenvalue weighted by Crippen LogP contribution is -2.26. The van der Waals surface area contributed by atoms with Gasteiger partial charge in [-0.3, -0.25) is 4.79 Å². The molecule has 0 radical (unpaired) electrons. The summed E-state index contributed by atoms with van der Waals surface area (Å²) < 4.78 is 16.7. The van der Waals surface area contributed by atoms with Gasteiger partial charge >= 0.3 is 0 Å². The third kappa shape index (κ3) is 4.43. The Hall–Kier alpha value is -2.34. The van der Waals surface area contributed by atoms with Crippen LogP contribution in [0.3, 0.4) is 0 Å². The summed E-state index contributed by atoms with van der Waals surface area (Å²) in [6, 6.07) is 9.08. The van der Waals surface area contributed by atoms with Gasteiger partial charge in [0.2, 0.25) is 0 Å². The molecule has 0 saturated carbocycles. The zero-order chi connectivity index (χ0) is 18.4. The standard InChI is InChI=1S/C18H19N3O4S/c1-26-18-20-16(14(11-19)17(22)21-18)12-3-5-13(6-4-12)23-10-7-15-24-8-2-9-25-15/h3-6,15H,2,7-10H2,1H3,(H,20,21,22). The van der Waals surface area contributed by atoms with E-state index in [4.69, 9.17) is 14.2 Å². The lowest BCUT2D eigenvalue weighted by molar-refractivity contribution is -0.183. The molecule has 26 heavy (non-hydrogen) atoms. The molecule has 1 saturated heterocycles. The third-order valence-corrected chi connectivity index (χ3v) is 4.43. The summed E-state index contributed by atoms with van der Waals surface area (Å²) in [5, 5.41) is 9.72. The van der Waals surface area contributed by atoms with Crippen molar-refractivity contribution in [3.63, 3.8) is 0 Å². The molecule has 2 aromatic rings. The molecule has 0 aliphatic carbocycles. The molecule has 8 heteroatoms. The summed E-state index contributed by atoms with van der Waals surface area (Å²) in [6.45, 7) is 1.93. The van der Waals surface area contributed by atoms with Gasteiger partial charge in [0.05, 0.1) is 25.5 Å². The molecular formula is C18H19N3O4S. The number of hydrogen-bond donors (Lipinski definition) is 1. The number of aromatic nitrogens is 2. The average molecular weight is 373 g/mol. The molecule has 7 nitrogen and oxygen atoms in total. The number of nitrogens with zero attached hydrogens (tertiary/aromatic N) is 2. The molecule has 0 spiro atoms. The first kappa shape index (κ1) is 18.5. The molecule has 0 unspecified atom stereocenters. The van der Waals surface area contributed by atoms with E-state index in [1.165, 1.54) is 11.8 Å². The molecule has 1 aromatic heterocycles. The van der Waals surface area contributed by atoms with Crippen LogP contribution in [-0.4, -0.2) is 42.3 Å². The van der Waals surface area contributed by atoms with Crippen LogP contribution in [0, 0.1) is 11.3 Å². The second-order valence-electron chi connectivity index (χ2n) is 5.60. The zero-order valence-electron chi connectivity index (χ0n) is 14.4. The molecule has 0 bridgehead atoms. The Balaban J connectivity index is 1.68. The van der Waals surface area contributed by atoms with Crippen molar-refractivity contribution in [2.24, 2.45) is 0 Å². The van der Waals surface area contributed by atoms with Crippen LogP contribution >= 0.6 is 11.8 Å². The van der Waals surface area contributed by atoms with Crippen molar-refractivity contribution in [1.29, 1.82) is 5.26 Å². The van der Waals surface area contributed by atoms with Crippen molar-refractivity contribution in [2.75, 3.05) is 26.1 Å². The van der Waals surface area contributed by atoms with Gasteiger partial charge in [-0.15, -0.1) is 0 Å². The number of hydrogen-bond acceptors (Lipinski definition) is 7. The first-order chi connectivity index (χ1) is 12.7. The van der Waals surface area contributed by atoms with E-state index < -0.39 is 5.56 Å². The summed E-state index contributed by atoms with van der Waals surface area (Å²) in [5.74, 6) is 0.693. The predicted molar refractivity (Wildman–Crippen MR) is 97.2 cm³/mol. The van der Waals surface area contributed by atoms with E-state index in [1.807, 2.05) is 12.3 Å².